The Balaban J connectivity index is 1.63. The van der Waals surface area contributed by atoms with E-state index in [1.165, 1.54) is 12.1 Å². The highest BCUT2D eigenvalue weighted by Gasteiger charge is 2.36. The molecule has 2 aromatic heterocycles. The maximum Gasteiger partial charge on any atom is 0.225 e. The van der Waals surface area contributed by atoms with Crippen molar-refractivity contribution in [1.82, 2.24) is 19.7 Å². The molecule has 3 heterocycles. The van der Waals surface area contributed by atoms with E-state index < -0.39 is 0 Å². The minimum atomic E-state index is 0.245. The first-order chi connectivity index (χ1) is 11.8. The largest absolute Gasteiger partial charge is 0.451 e. The third kappa shape index (κ3) is 2.84. The van der Waals surface area contributed by atoms with E-state index >= 15 is 0 Å². The molecule has 0 saturated heterocycles. The number of rotatable bonds is 6. The summed E-state index contributed by atoms with van der Waals surface area (Å²) in [4.78, 5) is 18.6. The van der Waals surface area contributed by atoms with E-state index in [1.54, 1.807) is 6.26 Å². The SMILES string of the molecule is CCOCCn1nc(-c2cocn2)c2c1CCN(C(=O)C1CC1)C2. The molecule has 2 aromatic rings. The van der Waals surface area contributed by atoms with Crippen LogP contribution in [0.5, 0.6) is 0 Å². The lowest BCUT2D eigenvalue weighted by molar-refractivity contribution is -0.133. The smallest absolute Gasteiger partial charge is 0.225 e. The molecule has 1 saturated carbocycles. The van der Waals surface area contributed by atoms with Crippen molar-refractivity contribution < 1.29 is 13.9 Å². The summed E-state index contributed by atoms with van der Waals surface area (Å²) in [6.07, 6.45) is 5.91. The van der Waals surface area contributed by atoms with Crippen molar-refractivity contribution in [2.45, 2.75) is 39.3 Å². The Morgan fingerprint density at radius 1 is 1.46 bits per heavy atom. The summed E-state index contributed by atoms with van der Waals surface area (Å²) in [7, 11) is 0. The summed E-state index contributed by atoms with van der Waals surface area (Å²) < 4.78 is 12.6. The van der Waals surface area contributed by atoms with Crippen LogP contribution in [-0.4, -0.2) is 45.3 Å². The second-order valence-electron chi connectivity index (χ2n) is 6.35. The quantitative estimate of drug-likeness (QED) is 0.756. The van der Waals surface area contributed by atoms with Gasteiger partial charge in [0.1, 0.15) is 17.7 Å². The van der Waals surface area contributed by atoms with Crippen LogP contribution >= 0.6 is 0 Å². The first-order valence-corrected chi connectivity index (χ1v) is 8.61. The minimum absolute atomic E-state index is 0.245. The summed E-state index contributed by atoms with van der Waals surface area (Å²) in [5.74, 6) is 0.531. The predicted molar refractivity (Wildman–Crippen MR) is 86.1 cm³/mol. The molecule has 4 rings (SSSR count). The van der Waals surface area contributed by atoms with Gasteiger partial charge < -0.3 is 14.1 Å². The molecule has 128 valence electrons. The van der Waals surface area contributed by atoms with Crippen molar-refractivity contribution in [3.63, 3.8) is 0 Å². The average Bonchev–Trinajstić information content (AvgIpc) is 3.19. The third-order valence-electron chi connectivity index (χ3n) is 4.70. The average molecular weight is 330 g/mol. The highest BCUT2D eigenvalue weighted by Crippen LogP contribution is 2.35. The van der Waals surface area contributed by atoms with E-state index in [-0.39, 0.29) is 11.8 Å². The number of amides is 1. The molecule has 0 aromatic carbocycles. The number of hydrogen-bond acceptors (Lipinski definition) is 5. The van der Waals surface area contributed by atoms with Crippen molar-refractivity contribution in [2.75, 3.05) is 19.8 Å². The Bertz CT molecular complexity index is 719. The molecule has 24 heavy (non-hydrogen) atoms. The zero-order valence-corrected chi connectivity index (χ0v) is 13.9. The van der Waals surface area contributed by atoms with Gasteiger partial charge in [-0.1, -0.05) is 0 Å². The second-order valence-corrected chi connectivity index (χ2v) is 6.35. The molecule has 0 N–H and O–H groups in total. The molecule has 0 atom stereocenters. The third-order valence-corrected chi connectivity index (χ3v) is 4.70. The highest BCUT2D eigenvalue weighted by molar-refractivity contribution is 5.81. The van der Waals surface area contributed by atoms with Gasteiger partial charge in [0.05, 0.1) is 13.2 Å². The summed E-state index contributed by atoms with van der Waals surface area (Å²) in [5, 5.41) is 4.74. The maximum atomic E-state index is 12.4. The molecule has 7 nitrogen and oxygen atoms in total. The number of oxazole rings is 1. The molecule has 0 radical (unpaired) electrons. The lowest BCUT2D eigenvalue weighted by atomic mass is 10.0. The van der Waals surface area contributed by atoms with E-state index in [2.05, 4.69) is 4.98 Å². The molecule has 0 bridgehead atoms. The fourth-order valence-corrected chi connectivity index (χ4v) is 3.28. The van der Waals surface area contributed by atoms with E-state index in [0.717, 1.165) is 42.8 Å². The fraction of sp³-hybridized carbons (Fsp3) is 0.588. The number of nitrogens with zero attached hydrogens (tertiary/aromatic N) is 4. The van der Waals surface area contributed by atoms with Crippen molar-refractivity contribution in [2.24, 2.45) is 5.92 Å². The number of carbonyl (C=O) groups is 1. The molecular formula is C17H22N4O3. The monoisotopic (exact) mass is 330 g/mol. The van der Waals surface area contributed by atoms with Crippen LogP contribution in [-0.2, 0) is 29.0 Å². The Labute approximate surface area is 140 Å². The fourth-order valence-electron chi connectivity index (χ4n) is 3.28. The van der Waals surface area contributed by atoms with Gasteiger partial charge in [-0.3, -0.25) is 9.48 Å². The minimum Gasteiger partial charge on any atom is -0.451 e. The van der Waals surface area contributed by atoms with E-state index in [0.29, 0.717) is 26.3 Å². The molecule has 0 spiro atoms. The van der Waals surface area contributed by atoms with Crippen LogP contribution in [0.3, 0.4) is 0 Å². The van der Waals surface area contributed by atoms with E-state index in [1.807, 2.05) is 16.5 Å². The van der Waals surface area contributed by atoms with Gasteiger partial charge in [0.15, 0.2) is 6.39 Å². The number of hydrogen-bond donors (Lipinski definition) is 0. The molecule has 1 amide bonds. The van der Waals surface area contributed by atoms with Gasteiger partial charge >= 0.3 is 0 Å². The first kappa shape index (κ1) is 15.4. The molecule has 1 aliphatic carbocycles. The Morgan fingerprint density at radius 3 is 3.04 bits per heavy atom. The molecule has 2 aliphatic rings. The number of carbonyl (C=O) groups excluding carboxylic acids is 1. The van der Waals surface area contributed by atoms with Crippen LogP contribution in [0.2, 0.25) is 0 Å². The summed E-state index contributed by atoms with van der Waals surface area (Å²) in [5.41, 5.74) is 3.83. The van der Waals surface area contributed by atoms with E-state index in [9.17, 15) is 4.79 Å². The topological polar surface area (TPSA) is 73.4 Å². The highest BCUT2D eigenvalue weighted by atomic mass is 16.5. The zero-order valence-electron chi connectivity index (χ0n) is 13.9. The van der Waals surface area contributed by atoms with Crippen LogP contribution in [0.15, 0.2) is 17.1 Å². The van der Waals surface area contributed by atoms with E-state index in [4.69, 9.17) is 14.3 Å². The molecule has 1 fully saturated rings. The van der Waals surface area contributed by atoms with Gasteiger partial charge in [-0.2, -0.15) is 5.10 Å². The lowest BCUT2D eigenvalue weighted by Gasteiger charge is -2.28. The van der Waals surface area contributed by atoms with Crippen molar-refractivity contribution >= 4 is 5.91 Å². The van der Waals surface area contributed by atoms with Crippen LogP contribution < -0.4 is 0 Å². The van der Waals surface area contributed by atoms with Crippen molar-refractivity contribution in [1.29, 1.82) is 0 Å². The van der Waals surface area contributed by atoms with Gasteiger partial charge in [0, 0.05) is 43.3 Å². The van der Waals surface area contributed by atoms with Crippen molar-refractivity contribution in [3.05, 3.63) is 23.9 Å². The van der Waals surface area contributed by atoms with Crippen molar-refractivity contribution in [3.8, 4) is 11.4 Å². The molecule has 7 heteroatoms. The van der Waals surface area contributed by atoms with Crippen LogP contribution in [0.1, 0.15) is 31.0 Å². The predicted octanol–water partition coefficient (Wildman–Crippen LogP) is 1.87. The van der Waals surface area contributed by atoms with Gasteiger partial charge in [0.2, 0.25) is 5.91 Å². The maximum absolute atomic E-state index is 12.4. The summed E-state index contributed by atoms with van der Waals surface area (Å²) >= 11 is 0. The molecule has 0 unspecified atom stereocenters. The van der Waals surface area contributed by atoms with Crippen LogP contribution in [0.4, 0.5) is 0 Å². The van der Waals surface area contributed by atoms with Gasteiger partial charge in [-0.05, 0) is 19.8 Å². The van der Waals surface area contributed by atoms with Gasteiger partial charge in [-0.25, -0.2) is 4.98 Å². The molecule has 1 aliphatic heterocycles. The zero-order chi connectivity index (χ0) is 16.5. The molecular weight excluding hydrogens is 308 g/mol. The van der Waals surface area contributed by atoms with Crippen LogP contribution in [0, 0.1) is 5.92 Å². The normalized spacial score (nSPS) is 17.1. The number of ether oxygens (including phenoxy) is 1. The van der Waals surface area contributed by atoms with Crippen LogP contribution in [0.25, 0.3) is 11.4 Å². The first-order valence-electron chi connectivity index (χ1n) is 8.61. The number of fused-ring (bicyclic) bond motifs is 1. The van der Waals surface area contributed by atoms with Gasteiger partial charge in [0.25, 0.3) is 0 Å². The number of aromatic nitrogens is 3. The lowest BCUT2D eigenvalue weighted by Crippen LogP contribution is -2.37. The summed E-state index contributed by atoms with van der Waals surface area (Å²) in [6.45, 7) is 5.41. The second kappa shape index (κ2) is 6.39. The van der Waals surface area contributed by atoms with Gasteiger partial charge in [-0.15, -0.1) is 0 Å². The Kier molecular flexibility index (Phi) is 4.10. The Morgan fingerprint density at radius 2 is 2.33 bits per heavy atom. The summed E-state index contributed by atoms with van der Waals surface area (Å²) in [6, 6.07) is 0. The standard InChI is InChI=1S/C17H22N4O3/c1-2-23-8-7-21-15-5-6-20(17(22)12-3-4-12)9-13(15)16(19-21)14-10-24-11-18-14/h10-12H,2-9H2,1H3. The Hall–Kier alpha value is -2.15.